The molecule has 0 unspecified atom stereocenters. The summed E-state index contributed by atoms with van der Waals surface area (Å²) in [5, 5.41) is 8.21. The van der Waals surface area contributed by atoms with E-state index >= 15 is 0 Å². The van der Waals surface area contributed by atoms with E-state index in [1.807, 2.05) is 0 Å². The van der Waals surface area contributed by atoms with Crippen LogP contribution in [0.15, 0.2) is 12.1 Å². The highest BCUT2D eigenvalue weighted by molar-refractivity contribution is 5.85. The van der Waals surface area contributed by atoms with Gasteiger partial charge in [-0.25, -0.2) is 4.98 Å². The van der Waals surface area contributed by atoms with Crippen molar-refractivity contribution < 1.29 is 18.3 Å². The summed E-state index contributed by atoms with van der Waals surface area (Å²) in [6.45, 7) is 0.691. The van der Waals surface area contributed by atoms with Crippen molar-refractivity contribution in [2.45, 2.75) is 20.5 Å². The van der Waals surface area contributed by atoms with Crippen molar-refractivity contribution in [2.24, 2.45) is 0 Å². The lowest BCUT2D eigenvalue weighted by atomic mass is 10.2. The SMILES string of the molecule is COc1cc(OC(F)F)cc2c1nnc1c(C)nc(C)n12. The van der Waals surface area contributed by atoms with Crippen LogP contribution in [0, 0.1) is 13.8 Å². The average Bonchev–Trinajstić information content (AvgIpc) is 2.72. The Morgan fingerprint density at radius 3 is 2.62 bits per heavy atom. The molecule has 0 atom stereocenters. The zero-order valence-electron chi connectivity index (χ0n) is 11.6. The predicted molar refractivity (Wildman–Crippen MR) is 70.9 cm³/mol. The summed E-state index contributed by atoms with van der Waals surface area (Å²) in [6, 6.07) is 2.83. The minimum Gasteiger partial charge on any atom is -0.494 e. The van der Waals surface area contributed by atoms with E-state index in [0.29, 0.717) is 33.9 Å². The molecule has 6 nitrogen and oxygen atoms in total. The van der Waals surface area contributed by atoms with Gasteiger partial charge in [0.25, 0.3) is 0 Å². The minimum absolute atomic E-state index is 0.00518. The maximum Gasteiger partial charge on any atom is 0.387 e. The van der Waals surface area contributed by atoms with Crippen molar-refractivity contribution >= 4 is 16.7 Å². The van der Waals surface area contributed by atoms with Gasteiger partial charge in [0.1, 0.15) is 11.6 Å². The number of halogens is 2. The van der Waals surface area contributed by atoms with Crippen molar-refractivity contribution in [3.63, 3.8) is 0 Å². The first-order valence-corrected chi connectivity index (χ1v) is 6.16. The lowest BCUT2D eigenvalue weighted by Crippen LogP contribution is -2.04. The maximum absolute atomic E-state index is 12.4. The van der Waals surface area contributed by atoms with E-state index in [0.717, 1.165) is 0 Å². The molecular formula is C13H12F2N4O2. The maximum atomic E-state index is 12.4. The van der Waals surface area contributed by atoms with E-state index in [1.54, 1.807) is 18.2 Å². The monoisotopic (exact) mass is 294 g/mol. The molecule has 2 heterocycles. The second-order valence-corrected chi connectivity index (χ2v) is 4.48. The van der Waals surface area contributed by atoms with Crippen LogP contribution in [0.5, 0.6) is 11.5 Å². The summed E-state index contributed by atoms with van der Waals surface area (Å²) in [7, 11) is 1.43. The second kappa shape index (κ2) is 4.80. The Morgan fingerprint density at radius 1 is 1.19 bits per heavy atom. The van der Waals surface area contributed by atoms with Crippen LogP contribution in [-0.4, -0.2) is 33.3 Å². The predicted octanol–water partition coefficient (Wildman–Crippen LogP) is 2.50. The Morgan fingerprint density at radius 2 is 1.95 bits per heavy atom. The van der Waals surface area contributed by atoms with Crippen LogP contribution < -0.4 is 9.47 Å². The third-order valence-electron chi connectivity index (χ3n) is 3.15. The molecule has 2 aromatic heterocycles. The first-order chi connectivity index (χ1) is 10.0. The summed E-state index contributed by atoms with van der Waals surface area (Å²) in [6.07, 6.45) is 0. The lowest BCUT2D eigenvalue weighted by Gasteiger charge is -2.10. The van der Waals surface area contributed by atoms with Gasteiger partial charge >= 0.3 is 6.61 Å². The van der Waals surface area contributed by atoms with E-state index in [-0.39, 0.29) is 5.75 Å². The zero-order chi connectivity index (χ0) is 15.1. The van der Waals surface area contributed by atoms with Crippen LogP contribution in [0.4, 0.5) is 8.78 Å². The molecule has 110 valence electrons. The molecule has 3 aromatic rings. The van der Waals surface area contributed by atoms with Gasteiger partial charge in [-0.05, 0) is 13.8 Å². The highest BCUT2D eigenvalue weighted by Gasteiger charge is 2.16. The van der Waals surface area contributed by atoms with Gasteiger partial charge in [0.15, 0.2) is 16.9 Å². The summed E-state index contributed by atoms with van der Waals surface area (Å²) in [5.74, 6) is 0.983. The van der Waals surface area contributed by atoms with Crippen LogP contribution in [0.3, 0.4) is 0 Å². The smallest absolute Gasteiger partial charge is 0.387 e. The topological polar surface area (TPSA) is 61.5 Å². The molecule has 21 heavy (non-hydrogen) atoms. The van der Waals surface area contributed by atoms with Crippen LogP contribution in [0.25, 0.3) is 16.7 Å². The molecule has 1 aromatic carbocycles. The van der Waals surface area contributed by atoms with Crippen molar-refractivity contribution in [1.82, 2.24) is 19.6 Å². The molecule has 0 amide bonds. The highest BCUT2D eigenvalue weighted by Crippen LogP contribution is 2.31. The number of nitrogens with zero attached hydrogens (tertiary/aromatic N) is 4. The largest absolute Gasteiger partial charge is 0.494 e. The third-order valence-corrected chi connectivity index (χ3v) is 3.15. The molecule has 8 heteroatoms. The van der Waals surface area contributed by atoms with Gasteiger partial charge in [0, 0.05) is 12.1 Å². The summed E-state index contributed by atoms with van der Waals surface area (Å²) in [4.78, 5) is 4.32. The number of hydrogen-bond donors (Lipinski definition) is 0. The van der Waals surface area contributed by atoms with Crippen molar-refractivity contribution in [2.75, 3.05) is 7.11 Å². The molecule has 0 saturated heterocycles. The van der Waals surface area contributed by atoms with E-state index in [9.17, 15) is 8.78 Å². The number of fused-ring (bicyclic) bond motifs is 3. The van der Waals surface area contributed by atoms with Crippen LogP contribution in [0.2, 0.25) is 0 Å². The van der Waals surface area contributed by atoms with Gasteiger partial charge in [-0.3, -0.25) is 4.40 Å². The number of aromatic nitrogens is 4. The Kier molecular flexibility index (Phi) is 3.08. The summed E-state index contributed by atoms with van der Waals surface area (Å²) in [5.41, 5.74) is 2.28. The molecule has 0 N–H and O–H groups in total. The molecule has 0 aliphatic rings. The average molecular weight is 294 g/mol. The van der Waals surface area contributed by atoms with Crippen LogP contribution in [0.1, 0.15) is 11.5 Å². The number of hydrogen-bond acceptors (Lipinski definition) is 5. The first kappa shape index (κ1) is 13.5. The second-order valence-electron chi connectivity index (χ2n) is 4.48. The van der Waals surface area contributed by atoms with Gasteiger partial charge in [-0.1, -0.05) is 0 Å². The fourth-order valence-corrected chi connectivity index (χ4v) is 2.33. The number of methoxy groups -OCH3 is 1. The Labute approximate surface area is 118 Å². The molecule has 0 radical (unpaired) electrons. The normalized spacial score (nSPS) is 11.5. The molecular weight excluding hydrogens is 282 g/mol. The van der Waals surface area contributed by atoms with Crippen LogP contribution in [-0.2, 0) is 0 Å². The van der Waals surface area contributed by atoms with Gasteiger partial charge in [-0.2, -0.15) is 8.78 Å². The van der Waals surface area contributed by atoms with E-state index in [1.165, 1.54) is 19.2 Å². The fourth-order valence-electron chi connectivity index (χ4n) is 2.33. The van der Waals surface area contributed by atoms with E-state index in [2.05, 4.69) is 19.9 Å². The summed E-state index contributed by atoms with van der Waals surface area (Å²) < 4.78 is 36.3. The number of imidazole rings is 1. The Hall–Kier alpha value is -2.51. The number of ether oxygens (including phenoxy) is 2. The van der Waals surface area contributed by atoms with Crippen molar-refractivity contribution in [1.29, 1.82) is 0 Å². The van der Waals surface area contributed by atoms with Gasteiger partial charge < -0.3 is 9.47 Å². The first-order valence-electron chi connectivity index (χ1n) is 6.16. The minimum atomic E-state index is -2.91. The molecule has 0 aliphatic heterocycles. The molecule has 0 bridgehead atoms. The number of alkyl halides is 2. The number of benzene rings is 1. The Bertz CT molecular complexity index is 832. The van der Waals surface area contributed by atoms with E-state index in [4.69, 9.17) is 4.74 Å². The molecule has 3 rings (SSSR count). The Balaban J connectivity index is 2.39. The standard InChI is InChI=1S/C13H12F2N4O2/c1-6-12-18-17-11-9(19(12)7(2)16-6)4-8(21-13(14)15)5-10(11)20-3/h4-5,13H,1-3H3. The fraction of sp³-hybridized carbons (Fsp3) is 0.308. The number of aryl methyl sites for hydroxylation is 2. The molecule has 0 saturated carbocycles. The molecule has 0 aliphatic carbocycles. The van der Waals surface area contributed by atoms with Crippen molar-refractivity contribution in [3.05, 3.63) is 23.7 Å². The molecule has 0 fully saturated rings. The van der Waals surface area contributed by atoms with Crippen LogP contribution >= 0.6 is 0 Å². The lowest BCUT2D eigenvalue weighted by molar-refractivity contribution is -0.0498. The van der Waals surface area contributed by atoms with E-state index < -0.39 is 6.61 Å². The van der Waals surface area contributed by atoms with Gasteiger partial charge in [0.05, 0.1) is 18.3 Å². The zero-order valence-corrected chi connectivity index (χ0v) is 11.6. The van der Waals surface area contributed by atoms with Gasteiger partial charge in [-0.15, -0.1) is 10.2 Å². The molecule has 0 spiro atoms. The number of rotatable bonds is 3. The van der Waals surface area contributed by atoms with Crippen molar-refractivity contribution in [3.8, 4) is 11.5 Å². The summed E-state index contributed by atoms with van der Waals surface area (Å²) >= 11 is 0. The quantitative estimate of drug-likeness (QED) is 0.742. The highest BCUT2D eigenvalue weighted by atomic mass is 19.3. The third kappa shape index (κ3) is 2.12. The van der Waals surface area contributed by atoms with Gasteiger partial charge in [0.2, 0.25) is 0 Å².